The van der Waals surface area contributed by atoms with Crippen molar-refractivity contribution in [2.24, 2.45) is 7.05 Å². The molecule has 1 saturated carbocycles. The van der Waals surface area contributed by atoms with E-state index in [4.69, 9.17) is 11.6 Å². The Morgan fingerprint density at radius 2 is 2.06 bits per heavy atom. The fourth-order valence-electron chi connectivity index (χ4n) is 2.32. The maximum Gasteiger partial charge on any atom is 0.257 e. The summed E-state index contributed by atoms with van der Waals surface area (Å²) in [6, 6.07) is 1.82. The maximum atomic E-state index is 12.3. The van der Waals surface area contributed by atoms with Gasteiger partial charge in [-0.1, -0.05) is 11.6 Å². The smallest absolute Gasteiger partial charge is 0.257 e. The fraction of sp³-hybridized carbons (Fsp3) is 0.500. The molecule has 1 aliphatic heterocycles. The zero-order valence-electron chi connectivity index (χ0n) is 9.52. The van der Waals surface area contributed by atoms with Crippen LogP contribution in [0.1, 0.15) is 28.8 Å². The van der Waals surface area contributed by atoms with E-state index in [1.165, 1.54) is 10.6 Å². The summed E-state index contributed by atoms with van der Waals surface area (Å²) in [4.78, 5) is 25.6. The number of aromatic nitrogens is 1. The molecular weight excluding hydrogens is 240 g/mol. The number of aryl methyl sites for hydroxylation is 1. The third-order valence-electron chi connectivity index (χ3n) is 3.41. The molecule has 0 saturated heterocycles. The van der Waals surface area contributed by atoms with Crippen LogP contribution in [0.25, 0.3) is 0 Å². The van der Waals surface area contributed by atoms with Crippen molar-refractivity contribution in [3.05, 3.63) is 33.7 Å². The van der Waals surface area contributed by atoms with Crippen LogP contribution in [0.2, 0.25) is 0 Å². The van der Waals surface area contributed by atoms with E-state index in [0.717, 1.165) is 18.4 Å². The molecule has 0 radical (unpaired) electrons. The molecule has 0 spiro atoms. The van der Waals surface area contributed by atoms with Crippen LogP contribution < -0.4 is 5.56 Å². The van der Waals surface area contributed by atoms with Gasteiger partial charge in [0, 0.05) is 31.8 Å². The predicted octanol–water partition coefficient (Wildman–Crippen LogP) is 1.11. The second-order valence-corrected chi connectivity index (χ2v) is 5.25. The van der Waals surface area contributed by atoms with Gasteiger partial charge in [0.05, 0.1) is 5.56 Å². The minimum atomic E-state index is -0.311. The highest BCUT2D eigenvalue weighted by molar-refractivity contribution is 6.22. The third-order valence-corrected chi connectivity index (χ3v) is 3.77. The highest BCUT2D eigenvalue weighted by Crippen LogP contribution is 2.35. The number of halogens is 1. The molecule has 0 N–H and O–H groups in total. The normalized spacial score (nSPS) is 23.8. The zero-order chi connectivity index (χ0) is 12.2. The molecule has 1 amide bonds. The quantitative estimate of drug-likeness (QED) is 0.555. The van der Waals surface area contributed by atoms with Crippen LogP contribution in [-0.4, -0.2) is 26.9 Å². The molecule has 5 heteroatoms. The first-order valence-corrected chi connectivity index (χ1v) is 6.18. The second kappa shape index (κ2) is 3.60. The molecule has 2 aliphatic rings. The lowest BCUT2D eigenvalue weighted by molar-refractivity contribution is 0.0697. The van der Waals surface area contributed by atoms with Crippen LogP contribution in [-0.2, 0) is 13.5 Å². The van der Waals surface area contributed by atoms with Gasteiger partial charge >= 0.3 is 0 Å². The third kappa shape index (κ3) is 1.67. The summed E-state index contributed by atoms with van der Waals surface area (Å²) in [5, 5.41) is 0. The number of hydrogen-bond donors (Lipinski definition) is 0. The van der Waals surface area contributed by atoms with Crippen molar-refractivity contribution in [1.82, 2.24) is 9.47 Å². The van der Waals surface area contributed by atoms with Gasteiger partial charge in [-0.15, -0.1) is 0 Å². The van der Waals surface area contributed by atoms with Crippen molar-refractivity contribution >= 4 is 17.5 Å². The molecular formula is C12H13ClN2O2. The fourth-order valence-corrected chi connectivity index (χ4v) is 2.74. The molecule has 1 fully saturated rings. The predicted molar refractivity (Wildman–Crippen MR) is 64.2 cm³/mol. The molecule has 4 nitrogen and oxygen atoms in total. The molecule has 3 rings (SSSR count). The van der Waals surface area contributed by atoms with Crippen LogP contribution in [0.3, 0.4) is 0 Å². The van der Waals surface area contributed by atoms with Gasteiger partial charge in [0.2, 0.25) is 0 Å². The molecule has 1 unspecified atom stereocenters. The van der Waals surface area contributed by atoms with Gasteiger partial charge in [-0.25, -0.2) is 0 Å². The Hall–Kier alpha value is -1.29. The number of alkyl halides is 1. The van der Waals surface area contributed by atoms with E-state index in [9.17, 15) is 9.59 Å². The first kappa shape index (κ1) is 10.8. The summed E-state index contributed by atoms with van der Waals surface area (Å²) in [7, 11) is 1.66. The lowest BCUT2D eigenvalue weighted by Crippen LogP contribution is -2.45. The zero-order valence-corrected chi connectivity index (χ0v) is 10.3. The topological polar surface area (TPSA) is 42.3 Å². The van der Waals surface area contributed by atoms with Gasteiger partial charge < -0.3 is 9.47 Å². The van der Waals surface area contributed by atoms with Crippen LogP contribution in [0.15, 0.2) is 17.1 Å². The number of fused-ring (bicyclic) bond motifs is 1. The molecule has 1 aromatic rings. The van der Waals surface area contributed by atoms with Crippen LogP contribution in [0, 0.1) is 0 Å². The Kier molecular flexibility index (Phi) is 2.30. The number of rotatable bonds is 1. The Morgan fingerprint density at radius 3 is 2.71 bits per heavy atom. The number of hydrogen-bond acceptors (Lipinski definition) is 2. The highest BCUT2D eigenvalue weighted by Gasteiger charge is 2.41. The van der Waals surface area contributed by atoms with E-state index in [2.05, 4.69) is 0 Å². The van der Waals surface area contributed by atoms with Crippen molar-refractivity contribution in [1.29, 1.82) is 0 Å². The standard InChI is InChI=1S/C12H13ClN2O2/c1-14-6-9-7(5-11(14)16)4-10(13)15(12(9)17)8-2-3-8/h5-6,8,10H,2-4H2,1H3. The summed E-state index contributed by atoms with van der Waals surface area (Å²) in [5.74, 6) is -0.0376. The molecule has 2 heterocycles. The van der Waals surface area contributed by atoms with Gasteiger partial charge in [0.1, 0.15) is 5.50 Å². The summed E-state index contributed by atoms with van der Waals surface area (Å²) < 4.78 is 1.44. The molecule has 1 atom stereocenters. The lowest BCUT2D eigenvalue weighted by atomic mass is 10.0. The molecule has 17 heavy (non-hydrogen) atoms. The van der Waals surface area contributed by atoms with Crippen LogP contribution >= 0.6 is 11.6 Å². The van der Waals surface area contributed by atoms with Gasteiger partial charge in [-0.2, -0.15) is 0 Å². The van der Waals surface area contributed by atoms with E-state index in [-0.39, 0.29) is 17.0 Å². The molecule has 1 aromatic heterocycles. The summed E-state index contributed by atoms with van der Waals surface area (Å²) in [6.45, 7) is 0. The summed E-state index contributed by atoms with van der Waals surface area (Å²) in [6.07, 6.45) is 4.26. The Labute approximate surface area is 104 Å². The van der Waals surface area contributed by atoms with Gasteiger partial charge in [-0.05, 0) is 18.4 Å². The molecule has 0 aromatic carbocycles. The summed E-state index contributed by atoms with van der Waals surface area (Å²) >= 11 is 6.23. The van der Waals surface area contributed by atoms with E-state index < -0.39 is 0 Å². The van der Waals surface area contributed by atoms with Crippen molar-refractivity contribution < 1.29 is 4.79 Å². The second-order valence-electron chi connectivity index (χ2n) is 4.74. The molecule has 1 aliphatic carbocycles. The average molecular weight is 253 g/mol. The maximum absolute atomic E-state index is 12.3. The van der Waals surface area contributed by atoms with E-state index in [1.807, 2.05) is 0 Å². The lowest BCUT2D eigenvalue weighted by Gasteiger charge is -2.33. The number of nitrogens with zero attached hydrogens (tertiary/aromatic N) is 2. The first-order valence-electron chi connectivity index (χ1n) is 5.74. The number of carbonyl (C=O) groups is 1. The van der Waals surface area contributed by atoms with Crippen LogP contribution in [0.5, 0.6) is 0 Å². The Balaban J connectivity index is 2.09. The van der Waals surface area contributed by atoms with Crippen molar-refractivity contribution in [2.45, 2.75) is 30.8 Å². The molecule has 90 valence electrons. The minimum absolute atomic E-state index is 0.0376. The SMILES string of the molecule is Cn1cc2c(cc1=O)CC(Cl)N(C1CC1)C2=O. The van der Waals surface area contributed by atoms with Crippen molar-refractivity contribution in [3.63, 3.8) is 0 Å². The minimum Gasteiger partial charge on any atom is -0.319 e. The van der Waals surface area contributed by atoms with E-state index in [1.54, 1.807) is 18.1 Å². The number of amides is 1. The Bertz CT molecular complexity index is 548. The van der Waals surface area contributed by atoms with Crippen molar-refractivity contribution in [2.75, 3.05) is 0 Å². The number of pyridine rings is 1. The average Bonchev–Trinajstić information content (AvgIpc) is 3.06. The van der Waals surface area contributed by atoms with Gasteiger partial charge in [-0.3, -0.25) is 9.59 Å². The van der Waals surface area contributed by atoms with E-state index >= 15 is 0 Å². The van der Waals surface area contributed by atoms with Crippen LogP contribution in [0.4, 0.5) is 0 Å². The number of carbonyl (C=O) groups excluding carboxylic acids is 1. The monoisotopic (exact) mass is 252 g/mol. The van der Waals surface area contributed by atoms with Crippen molar-refractivity contribution in [3.8, 4) is 0 Å². The van der Waals surface area contributed by atoms with Gasteiger partial charge in [0.15, 0.2) is 0 Å². The van der Waals surface area contributed by atoms with E-state index in [0.29, 0.717) is 18.0 Å². The Morgan fingerprint density at radius 1 is 1.35 bits per heavy atom. The highest BCUT2D eigenvalue weighted by atomic mass is 35.5. The molecule has 0 bridgehead atoms. The first-order chi connectivity index (χ1) is 8.08. The van der Waals surface area contributed by atoms with Gasteiger partial charge in [0.25, 0.3) is 11.5 Å². The summed E-state index contributed by atoms with van der Waals surface area (Å²) in [5.41, 5.74) is 0.987. The largest absolute Gasteiger partial charge is 0.319 e.